The lowest BCUT2D eigenvalue weighted by molar-refractivity contribution is 0.0697. The second-order valence-electron chi connectivity index (χ2n) is 4.20. The fourth-order valence-electron chi connectivity index (χ4n) is 1.74. The summed E-state index contributed by atoms with van der Waals surface area (Å²) in [4.78, 5) is 14.9. The molecule has 0 aliphatic carbocycles. The van der Waals surface area contributed by atoms with Gasteiger partial charge in [0, 0.05) is 0 Å². The summed E-state index contributed by atoms with van der Waals surface area (Å²) in [6, 6.07) is 17.5. The molecule has 0 spiro atoms. The largest absolute Gasteiger partial charge is 0.478 e. The predicted molar refractivity (Wildman–Crippen MR) is 80.3 cm³/mol. The highest BCUT2D eigenvalue weighted by Crippen LogP contribution is 2.20. The van der Waals surface area contributed by atoms with Gasteiger partial charge in [-0.1, -0.05) is 35.7 Å². The van der Waals surface area contributed by atoms with Crippen LogP contribution in [0.4, 0.5) is 0 Å². The zero-order chi connectivity index (χ0) is 14.4. The summed E-state index contributed by atoms with van der Waals surface area (Å²) >= 11 is 0. The van der Waals surface area contributed by atoms with Gasteiger partial charge in [0.1, 0.15) is 5.56 Å². The Labute approximate surface area is 117 Å². The van der Waals surface area contributed by atoms with Crippen LogP contribution in [0.25, 0.3) is 16.0 Å². The van der Waals surface area contributed by atoms with Crippen molar-refractivity contribution in [3.05, 3.63) is 77.2 Å². The van der Waals surface area contributed by atoms with Crippen LogP contribution < -0.4 is 0 Å². The Kier molecular flexibility index (Phi) is 4.31. The van der Waals surface area contributed by atoms with E-state index in [0.29, 0.717) is 6.54 Å². The number of carboxylic acids is 1. The van der Waals surface area contributed by atoms with E-state index in [9.17, 15) is 4.79 Å². The topological polar surface area (TPSA) is 41.7 Å². The number of aromatic carboxylic acids is 1. The number of carboxylic acid groups (broad SMARTS) is 1. The zero-order valence-corrected chi connectivity index (χ0v) is 10.9. The average molecular weight is 264 g/mol. The minimum Gasteiger partial charge on any atom is -0.478 e. The molecular formula is C17H14NO2+. The Bertz CT molecular complexity index is 674. The smallest absolute Gasteiger partial charge is 0.335 e. The molecule has 0 saturated carbocycles. The van der Waals surface area contributed by atoms with Crippen molar-refractivity contribution >= 4 is 5.97 Å². The van der Waals surface area contributed by atoms with Gasteiger partial charge >= 0.3 is 12.0 Å². The van der Waals surface area contributed by atoms with Gasteiger partial charge in [-0.2, -0.15) is 0 Å². The molecule has 1 N–H and O–H groups in total. The van der Waals surface area contributed by atoms with Crippen molar-refractivity contribution in [2.75, 3.05) is 6.54 Å². The number of hydrogen-bond acceptors (Lipinski definition) is 1. The van der Waals surface area contributed by atoms with Crippen LogP contribution in [0.5, 0.6) is 0 Å². The van der Waals surface area contributed by atoms with Gasteiger partial charge in [-0.05, 0) is 41.5 Å². The van der Waals surface area contributed by atoms with E-state index in [1.165, 1.54) is 0 Å². The molecule has 3 heteroatoms. The lowest BCUT2D eigenvalue weighted by Gasteiger charge is -2.01. The van der Waals surface area contributed by atoms with E-state index in [1.807, 2.05) is 24.3 Å². The molecule has 0 radical (unpaired) electrons. The Morgan fingerprint density at radius 3 is 2.15 bits per heavy atom. The number of carbonyl (C=O) groups is 1. The zero-order valence-electron chi connectivity index (χ0n) is 10.9. The average Bonchev–Trinajstić information content (AvgIpc) is 2.48. The van der Waals surface area contributed by atoms with Crippen LogP contribution in [0.1, 0.15) is 15.9 Å². The van der Waals surface area contributed by atoms with Crippen LogP contribution in [0.2, 0.25) is 0 Å². The molecule has 2 aromatic carbocycles. The summed E-state index contributed by atoms with van der Waals surface area (Å²) in [5, 5.41) is 8.86. The van der Waals surface area contributed by atoms with Crippen molar-refractivity contribution in [3.63, 3.8) is 0 Å². The maximum Gasteiger partial charge on any atom is 0.335 e. The van der Waals surface area contributed by atoms with Crippen LogP contribution in [-0.4, -0.2) is 17.6 Å². The fraction of sp³-hybridized carbons (Fsp3) is 0.0588. The predicted octanol–water partition coefficient (Wildman–Crippen LogP) is 3.92. The van der Waals surface area contributed by atoms with Crippen molar-refractivity contribution in [3.8, 4) is 17.2 Å². The van der Waals surface area contributed by atoms with Crippen molar-refractivity contribution in [1.29, 1.82) is 0 Å². The maximum absolute atomic E-state index is 10.8. The third-order valence-electron chi connectivity index (χ3n) is 2.78. The van der Waals surface area contributed by atoms with Crippen molar-refractivity contribution in [1.82, 2.24) is 0 Å². The molecule has 2 rings (SSSR count). The fourth-order valence-corrected chi connectivity index (χ4v) is 1.74. The molecule has 2 aromatic rings. The summed E-state index contributed by atoms with van der Waals surface area (Å²) in [7, 11) is 0. The van der Waals surface area contributed by atoms with Crippen molar-refractivity contribution in [2.45, 2.75) is 0 Å². The van der Waals surface area contributed by atoms with Crippen LogP contribution in [-0.2, 0) is 0 Å². The molecule has 3 nitrogen and oxygen atoms in total. The van der Waals surface area contributed by atoms with E-state index in [0.717, 1.165) is 16.7 Å². The highest BCUT2D eigenvalue weighted by molar-refractivity contribution is 5.88. The van der Waals surface area contributed by atoms with E-state index < -0.39 is 5.97 Å². The standard InChI is InChI=1S/C17H13NO2/c1-2-11-18-12-13-3-5-14(6-4-13)15-7-9-16(10-8-15)17(19)20/h2-10H,1,11H2/p+1. The van der Waals surface area contributed by atoms with Gasteiger partial charge in [0.05, 0.1) is 5.56 Å². The minimum absolute atomic E-state index is 0.287. The third-order valence-corrected chi connectivity index (χ3v) is 2.78. The molecule has 20 heavy (non-hydrogen) atoms. The van der Waals surface area contributed by atoms with E-state index in [1.54, 1.807) is 30.3 Å². The lowest BCUT2D eigenvalue weighted by Crippen LogP contribution is -1.94. The molecule has 0 aromatic heterocycles. The number of benzene rings is 2. The maximum atomic E-state index is 10.8. The first kappa shape index (κ1) is 13.6. The van der Waals surface area contributed by atoms with Gasteiger partial charge in [-0.3, -0.25) is 0 Å². The Balaban J connectivity index is 2.19. The van der Waals surface area contributed by atoms with E-state index in [4.69, 9.17) is 5.11 Å². The first-order valence-electron chi connectivity index (χ1n) is 6.18. The first-order valence-corrected chi connectivity index (χ1v) is 6.18. The van der Waals surface area contributed by atoms with Crippen LogP contribution in [0.3, 0.4) is 0 Å². The Morgan fingerprint density at radius 2 is 1.65 bits per heavy atom. The second kappa shape index (κ2) is 6.35. The highest BCUT2D eigenvalue weighted by atomic mass is 16.4. The van der Waals surface area contributed by atoms with Crippen LogP contribution in [0.15, 0.2) is 61.2 Å². The van der Waals surface area contributed by atoms with Gasteiger partial charge < -0.3 is 5.11 Å². The molecule has 0 amide bonds. The molecule has 98 valence electrons. The third kappa shape index (κ3) is 3.33. The van der Waals surface area contributed by atoms with Crippen LogP contribution in [0, 0.1) is 6.07 Å². The molecule has 0 unspecified atom stereocenters. The number of rotatable bonds is 3. The van der Waals surface area contributed by atoms with Gasteiger partial charge in [-0.25, -0.2) is 4.79 Å². The number of hydrogen-bond donors (Lipinski definition) is 1. The minimum atomic E-state index is -0.917. The Morgan fingerprint density at radius 1 is 1.10 bits per heavy atom. The quantitative estimate of drug-likeness (QED) is 0.854. The van der Waals surface area contributed by atoms with E-state index >= 15 is 0 Å². The SMILES string of the molecule is C=CC[N+]#Cc1ccc(-c2ccc(C(=O)O)cc2)cc1. The molecule has 0 atom stereocenters. The van der Waals surface area contributed by atoms with Crippen LogP contribution >= 0.6 is 0 Å². The van der Waals surface area contributed by atoms with E-state index in [-0.39, 0.29) is 5.56 Å². The Hall–Kier alpha value is -2.86. The molecule has 0 heterocycles. The molecular weight excluding hydrogens is 250 g/mol. The van der Waals surface area contributed by atoms with Gasteiger partial charge in [-0.15, -0.1) is 0 Å². The summed E-state index contributed by atoms with van der Waals surface area (Å²) < 4.78 is 0. The highest BCUT2D eigenvalue weighted by Gasteiger charge is 2.03. The first-order chi connectivity index (χ1) is 9.70. The second-order valence-corrected chi connectivity index (χ2v) is 4.20. The van der Waals surface area contributed by atoms with Gasteiger partial charge in [0.2, 0.25) is 0 Å². The normalized spacial score (nSPS) is 9.40. The molecule has 0 fully saturated rings. The summed E-state index contributed by atoms with van der Waals surface area (Å²) in [5.41, 5.74) is 3.19. The van der Waals surface area contributed by atoms with Gasteiger partial charge in [0.15, 0.2) is 0 Å². The monoisotopic (exact) mass is 264 g/mol. The molecule has 0 saturated heterocycles. The summed E-state index contributed by atoms with van der Waals surface area (Å²) in [6.45, 7) is 4.14. The molecule has 0 bridgehead atoms. The van der Waals surface area contributed by atoms with Crippen molar-refractivity contribution < 1.29 is 9.90 Å². The van der Waals surface area contributed by atoms with Gasteiger partial charge in [0.25, 0.3) is 6.54 Å². The number of nitrogens with zero attached hydrogens (tertiary/aromatic N) is 1. The summed E-state index contributed by atoms with van der Waals surface area (Å²) in [5.74, 6) is -0.917. The van der Waals surface area contributed by atoms with E-state index in [2.05, 4.69) is 17.5 Å². The lowest BCUT2D eigenvalue weighted by atomic mass is 10.0. The van der Waals surface area contributed by atoms with Crippen molar-refractivity contribution in [2.24, 2.45) is 0 Å². The molecule has 0 aliphatic rings. The summed E-state index contributed by atoms with van der Waals surface area (Å²) in [6.07, 6.45) is 1.71. The molecule has 0 aliphatic heterocycles.